The van der Waals surface area contributed by atoms with Crippen LogP contribution in [0.15, 0.2) is 42.7 Å². The monoisotopic (exact) mass is 368 g/mol. The number of hydrogen-bond donors (Lipinski definition) is 3. The Kier molecular flexibility index (Phi) is 5.31. The Bertz CT molecular complexity index is 725. The van der Waals surface area contributed by atoms with E-state index in [1.54, 1.807) is 18.5 Å². The van der Waals surface area contributed by atoms with Crippen LogP contribution in [-0.4, -0.2) is 30.3 Å². The Morgan fingerprint density at radius 1 is 1.00 bits per heavy atom. The van der Waals surface area contributed by atoms with Crippen molar-refractivity contribution in [3.63, 3.8) is 0 Å². The summed E-state index contributed by atoms with van der Waals surface area (Å²) >= 11 is 0. The second kappa shape index (κ2) is 7.49. The molecule has 0 unspecified atom stereocenters. The molecule has 1 aliphatic rings. The summed E-state index contributed by atoms with van der Waals surface area (Å²) in [6, 6.07) is 6.49. The number of alkyl halides is 4. The van der Waals surface area contributed by atoms with Crippen LogP contribution in [0.1, 0.15) is 18.4 Å². The molecule has 140 valence electrons. The minimum atomic E-state index is -4.36. The molecule has 4 nitrogen and oxygen atoms in total. The third-order valence-corrected chi connectivity index (χ3v) is 4.35. The second-order valence-electron chi connectivity index (χ2n) is 6.42. The lowest BCUT2D eigenvalue weighted by Crippen LogP contribution is -2.43. The molecule has 1 aliphatic heterocycles. The number of pyridine rings is 1. The molecule has 26 heavy (non-hydrogen) atoms. The van der Waals surface area contributed by atoms with Crippen molar-refractivity contribution in [3.05, 3.63) is 48.3 Å². The molecule has 1 aromatic heterocycles. The summed E-state index contributed by atoms with van der Waals surface area (Å²) < 4.78 is 52.4. The molecule has 0 bridgehead atoms. The normalized spacial score (nSPS) is 16.9. The summed E-state index contributed by atoms with van der Waals surface area (Å²) in [6.07, 6.45) is -0.310. The second-order valence-corrected chi connectivity index (χ2v) is 6.42. The maximum absolute atomic E-state index is 14.6. The van der Waals surface area contributed by atoms with E-state index in [9.17, 15) is 17.6 Å². The molecule has 3 N–H and O–H groups in total. The van der Waals surface area contributed by atoms with Gasteiger partial charge in [0, 0.05) is 12.2 Å². The van der Waals surface area contributed by atoms with Crippen LogP contribution in [0, 0.1) is 0 Å². The van der Waals surface area contributed by atoms with Gasteiger partial charge in [-0.3, -0.25) is 4.98 Å². The molecule has 1 fully saturated rings. The molecular formula is C18H20F4N4. The first-order chi connectivity index (χ1) is 12.3. The number of hydrogen-bond acceptors (Lipinski definition) is 4. The first-order valence-electron chi connectivity index (χ1n) is 8.37. The molecule has 1 aromatic carbocycles. The van der Waals surface area contributed by atoms with Crippen molar-refractivity contribution >= 4 is 17.1 Å². The van der Waals surface area contributed by atoms with E-state index in [2.05, 4.69) is 20.9 Å². The minimum absolute atomic E-state index is 0.195. The molecule has 0 atom stereocenters. The standard InChI is InChI=1S/C18H20F4N4/c19-17(5-7-23-8-6-17)12-25-15-9-16(11-24-10-15)26-14-3-1-13(2-4-14)18(20,21)22/h1-4,9-11,23,25-26H,5-8,12H2. The highest BCUT2D eigenvalue weighted by atomic mass is 19.4. The van der Waals surface area contributed by atoms with Crippen molar-refractivity contribution in [1.82, 2.24) is 10.3 Å². The number of aromatic nitrogens is 1. The summed E-state index contributed by atoms with van der Waals surface area (Å²) in [5, 5.41) is 9.18. The highest BCUT2D eigenvalue weighted by Crippen LogP contribution is 2.30. The lowest BCUT2D eigenvalue weighted by atomic mass is 9.94. The molecule has 0 amide bonds. The number of benzene rings is 1. The molecule has 8 heteroatoms. The van der Waals surface area contributed by atoms with Crippen molar-refractivity contribution in [3.8, 4) is 0 Å². The highest BCUT2D eigenvalue weighted by molar-refractivity contribution is 5.63. The van der Waals surface area contributed by atoms with Crippen molar-refractivity contribution in [1.29, 1.82) is 0 Å². The maximum Gasteiger partial charge on any atom is 0.416 e. The Morgan fingerprint density at radius 2 is 1.65 bits per heavy atom. The van der Waals surface area contributed by atoms with Gasteiger partial charge in [0.25, 0.3) is 0 Å². The molecule has 0 radical (unpaired) electrons. The third kappa shape index (κ3) is 4.85. The Balaban J connectivity index is 1.62. The van der Waals surface area contributed by atoms with Crippen LogP contribution in [-0.2, 0) is 6.18 Å². The van der Waals surface area contributed by atoms with E-state index < -0.39 is 17.4 Å². The zero-order chi connectivity index (χ0) is 18.6. The quantitative estimate of drug-likeness (QED) is 0.687. The Morgan fingerprint density at radius 3 is 2.31 bits per heavy atom. The topological polar surface area (TPSA) is 49.0 Å². The van der Waals surface area contributed by atoms with Gasteiger partial charge in [0.1, 0.15) is 5.67 Å². The van der Waals surface area contributed by atoms with E-state index >= 15 is 0 Å². The largest absolute Gasteiger partial charge is 0.416 e. The van der Waals surface area contributed by atoms with Gasteiger partial charge >= 0.3 is 6.18 Å². The van der Waals surface area contributed by atoms with Crippen LogP contribution in [0.25, 0.3) is 0 Å². The van der Waals surface area contributed by atoms with E-state index in [0.29, 0.717) is 43.0 Å². The van der Waals surface area contributed by atoms with Gasteiger partial charge < -0.3 is 16.0 Å². The molecule has 1 saturated heterocycles. The molecule has 3 rings (SSSR count). The summed E-state index contributed by atoms with van der Waals surface area (Å²) in [5.41, 5.74) is -0.184. The fourth-order valence-corrected chi connectivity index (χ4v) is 2.83. The van der Waals surface area contributed by atoms with Gasteiger partial charge in [-0.25, -0.2) is 4.39 Å². The van der Waals surface area contributed by atoms with Gasteiger partial charge in [0.05, 0.1) is 29.3 Å². The average molecular weight is 368 g/mol. The van der Waals surface area contributed by atoms with Crippen LogP contribution < -0.4 is 16.0 Å². The van der Waals surface area contributed by atoms with Gasteiger partial charge in [-0.2, -0.15) is 13.2 Å². The fraction of sp³-hybridized carbons (Fsp3) is 0.389. The van der Waals surface area contributed by atoms with Crippen LogP contribution in [0.2, 0.25) is 0 Å². The molecule has 0 spiro atoms. The van der Waals surface area contributed by atoms with Gasteiger partial charge in [-0.15, -0.1) is 0 Å². The van der Waals surface area contributed by atoms with Crippen molar-refractivity contribution in [2.24, 2.45) is 0 Å². The number of rotatable bonds is 5. The van der Waals surface area contributed by atoms with Crippen LogP contribution in [0.3, 0.4) is 0 Å². The summed E-state index contributed by atoms with van der Waals surface area (Å²) in [5.74, 6) is 0. The third-order valence-electron chi connectivity index (χ3n) is 4.35. The van der Waals surface area contributed by atoms with E-state index in [-0.39, 0.29) is 6.54 Å². The van der Waals surface area contributed by atoms with E-state index in [4.69, 9.17) is 0 Å². The van der Waals surface area contributed by atoms with Gasteiger partial charge in [0.2, 0.25) is 0 Å². The van der Waals surface area contributed by atoms with Crippen LogP contribution >= 0.6 is 0 Å². The molecule has 2 heterocycles. The van der Waals surface area contributed by atoms with E-state index in [1.165, 1.54) is 12.1 Å². The van der Waals surface area contributed by atoms with Gasteiger partial charge in [-0.1, -0.05) is 0 Å². The first kappa shape index (κ1) is 18.4. The van der Waals surface area contributed by atoms with Crippen LogP contribution in [0.5, 0.6) is 0 Å². The molecular weight excluding hydrogens is 348 g/mol. The smallest absolute Gasteiger partial charge is 0.381 e. The Hall–Kier alpha value is -2.35. The molecule has 2 aromatic rings. The predicted octanol–water partition coefficient (Wildman–Crippen LogP) is 4.35. The van der Waals surface area contributed by atoms with E-state index in [1.807, 2.05) is 0 Å². The van der Waals surface area contributed by atoms with Gasteiger partial charge in [-0.05, 0) is 56.3 Å². The zero-order valence-corrected chi connectivity index (χ0v) is 14.0. The van der Waals surface area contributed by atoms with Gasteiger partial charge in [0.15, 0.2) is 0 Å². The Labute approximate surface area is 149 Å². The zero-order valence-electron chi connectivity index (χ0n) is 14.0. The minimum Gasteiger partial charge on any atom is -0.381 e. The number of nitrogens with one attached hydrogen (secondary N) is 3. The van der Waals surface area contributed by atoms with Crippen molar-refractivity contribution < 1.29 is 17.6 Å². The average Bonchev–Trinajstić information content (AvgIpc) is 2.61. The van der Waals surface area contributed by atoms with Crippen molar-refractivity contribution in [2.75, 3.05) is 30.3 Å². The SMILES string of the molecule is FC1(CNc2cncc(Nc3ccc(C(F)(F)F)cc3)c2)CCNCC1. The summed E-state index contributed by atoms with van der Waals surface area (Å²) in [4.78, 5) is 4.08. The lowest BCUT2D eigenvalue weighted by Gasteiger charge is -2.30. The number of halogens is 4. The summed E-state index contributed by atoms with van der Waals surface area (Å²) in [7, 11) is 0. The summed E-state index contributed by atoms with van der Waals surface area (Å²) in [6.45, 7) is 1.51. The van der Waals surface area contributed by atoms with Crippen LogP contribution in [0.4, 0.5) is 34.6 Å². The maximum atomic E-state index is 14.6. The number of nitrogens with zero attached hydrogens (tertiary/aromatic N) is 1. The number of piperidine rings is 1. The highest BCUT2D eigenvalue weighted by Gasteiger charge is 2.31. The lowest BCUT2D eigenvalue weighted by molar-refractivity contribution is -0.137. The fourth-order valence-electron chi connectivity index (χ4n) is 2.83. The molecule has 0 saturated carbocycles. The van der Waals surface area contributed by atoms with Crippen molar-refractivity contribution in [2.45, 2.75) is 24.7 Å². The predicted molar refractivity (Wildman–Crippen MR) is 93.4 cm³/mol. The first-order valence-corrected chi connectivity index (χ1v) is 8.37. The molecule has 0 aliphatic carbocycles. The van der Waals surface area contributed by atoms with E-state index in [0.717, 1.165) is 12.1 Å². The number of anilines is 3.